The fraction of sp³-hybridized carbons (Fsp3) is 0.750. The summed E-state index contributed by atoms with van der Waals surface area (Å²) in [5, 5.41) is 32.2. The van der Waals surface area contributed by atoms with E-state index in [1.807, 2.05) is 27.7 Å². The lowest BCUT2D eigenvalue weighted by molar-refractivity contribution is -0.229. The minimum absolute atomic E-state index is 0.0300. The molecule has 9 heteroatoms. The molecule has 2 saturated heterocycles. The lowest BCUT2D eigenvalue weighted by atomic mass is 9.76. The second-order valence-electron chi connectivity index (χ2n) is 13.8. The summed E-state index contributed by atoms with van der Waals surface area (Å²) in [5.41, 5.74) is -0.360. The highest BCUT2D eigenvalue weighted by Gasteiger charge is 2.55. The molecule has 10 atom stereocenters. The van der Waals surface area contributed by atoms with Gasteiger partial charge < -0.3 is 29.5 Å². The van der Waals surface area contributed by atoms with Gasteiger partial charge in [-0.05, 0) is 88.2 Å². The molecule has 0 saturated carbocycles. The fourth-order valence-electron chi connectivity index (χ4n) is 7.71. The van der Waals surface area contributed by atoms with E-state index in [0.29, 0.717) is 49.7 Å². The van der Waals surface area contributed by atoms with E-state index in [9.17, 15) is 29.7 Å². The molecule has 2 aliphatic heterocycles. The van der Waals surface area contributed by atoms with Crippen LogP contribution in [0.4, 0.5) is 0 Å². The standard InChI is InChI=1S/C36H56O9/c1-10-27(32-22(6)19-36(12-3,45-32)28-17-18-35(42,11-2)24(8)43-28)31(39)23(7)30(38)20(4)13-15-26-16-14-21(5)33(44-25(9)37)29(26)34(40)41/h14,16,20,22-24,27-28,30,32,38,42H,10-13,15,17-19H2,1-9H3,(H,40,41)/t20-,22+,23+,24+,27+,28-,30+,32+,35-,36+/m1/s1. The number of carboxylic acid groups (broad SMARTS) is 1. The summed E-state index contributed by atoms with van der Waals surface area (Å²) < 4.78 is 18.5. The van der Waals surface area contributed by atoms with Gasteiger partial charge in [-0.2, -0.15) is 0 Å². The van der Waals surface area contributed by atoms with E-state index >= 15 is 0 Å². The second-order valence-corrected chi connectivity index (χ2v) is 13.8. The SMILES string of the molecule is CC[C@@H](C(=O)[C@@H](C)[C@@H](O)[C@H](C)CCc1ccc(C)c(OC(C)=O)c1C(=O)O)[C@H]1O[C@](CC)([C@H]2CC[C@](O)(CC)[C@H](C)O2)C[C@@H]1C. The van der Waals surface area contributed by atoms with Crippen LogP contribution in [0.25, 0.3) is 0 Å². The molecule has 9 nitrogen and oxygen atoms in total. The highest BCUT2D eigenvalue weighted by atomic mass is 16.6. The molecule has 0 aliphatic carbocycles. The predicted molar refractivity (Wildman–Crippen MR) is 171 cm³/mol. The average molecular weight is 633 g/mol. The molecule has 0 amide bonds. The van der Waals surface area contributed by atoms with Crippen molar-refractivity contribution in [2.24, 2.45) is 23.7 Å². The van der Waals surface area contributed by atoms with Crippen LogP contribution < -0.4 is 4.74 Å². The summed E-state index contributed by atoms with van der Waals surface area (Å²) >= 11 is 0. The predicted octanol–water partition coefficient (Wildman–Crippen LogP) is 6.06. The third-order valence-corrected chi connectivity index (χ3v) is 10.9. The number of carbonyl (C=O) groups excluding carboxylic acids is 2. The zero-order valence-electron chi connectivity index (χ0n) is 28.7. The Labute approximate surface area is 269 Å². The van der Waals surface area contributed by atoms with Gasteiger partial charge in [0.1, 0.15) is 17.1 Å². The van der Waals surface area contributed by atoms with Crippen LogP contribution in [0, 0.1) is 30.6 Å². The van der Waals surface area contributed by atoms with Crippen molar-refractivity contribution in [3.8, 4) is 5.75 Å². The van der Waals surface area contributed by atoms with Gasteiger partial charge in [-0.1, -0.05) is 53.7 Å². The van der Waals surface area contributed by atoms with Crippen molar-refractivity contribution >= 4 is 17.7 Å². The quantitative estimate of drug-likeness (QED) is 0.165. The molecule has 0 aromatic heterocycles. The van der Waals surface area contributed by atoms with Crippen LogP contribution in [0.5, 0.6) is 5.75 Å². The largest absolute Gasteiger partial charge is 0.478 e. The first-order valence-corrected chi connectivity index (χ1v) is 16.9. The van der Waals surface area contributed by atoms with Gasteiger partial charge in [0.25, 0.3) is 0 Å². The summed E-state index contributed by atoms with van der Waals surface area (Å²) in [4.78, 5) is 37.7. The van der Waals surface area contributed by atoms with Crippen molar-refractivity contribution in [1.82, 2.24) is 0 Å². The smallest absolute Gasteiger partial charge is 0.339 e. The van der Waals surface area contributed by atoms with Gasteiger partial charge in [0.15, 0.2) is 0 Å². The van der Waals surface area contributed by atoms with Gasteiger partial charge in [-0.15, -0.1) is 0 Å². The van der Waals surface area contributed by atoms with Crippen molar-refractivity contribution in [2.75, 3.05) is 0 Å². The molecule has 2 fully saturated rings. The molecule has 45 heavy (non-hydrogen) atoms. The molecule has 0 spiro atoms. The molecule has 254 valence electrons. The lowest BCUT2D eigenvalue weighted by Crippen LogP contribution is -2.55. The number of aromatic carboxylic acids is 1. The van der Waals surface area contributed by atoms with E-state index in [0.717, 1.165) is 12.8 Å². The number of ketones is 1. The number of aliphatic hydroxyl groups is 2. The van der Waals surface area contributed by atoms with Crippen LogP contribution in [0.3, 0.4) is 0 Å². The minimum Gasteiger partial charge on any atom is -0.478 e. The number of carboxylic acids is 1. The number of aryl methyl sites for hydroxylation is 2. The van der Waals surface area contributed by atoms with Gasteiger partial charge in [-0.25, -0.2) is 4.79 Å². The Balaban J connectivity index is 1.71. The lowest BCUT2D eigenvalue weighted by Gasteiger charge is -2.47. The van der Waals surface area contributed by atoms with Crippen LogP contribution >= 0.6 is 0 Å². The molecule has 0 unspecified atom stereocenters. The molecule has 2 aliphatic rings. The first-order chi connectivity index (χ1) is 21.0. The van der Waals surface area contributed by atoms with Gasteiger partial charge in [-0.3, -0.25) is 9.59 Å². The Kier molecular flexibility index (Phi) is 12.4. The van der Waals surface area contributed by atoms with E-state index in [1.54, 1.807) is 26.0 Å². The number of hydrogen-bond donors (Lipinski definition) is 3. The van der Waals surface area contributed by atoms with Crippen molar-refractivity contribution in [3.05, 3.63) is 28.8 Å². The van der Waals surface area contributed by atoms with E-state index in [4.69, 9.17) is 14.2 Å². The molecule has 3 N–H and O–H groups in total. The zero-order chi connectivity index (χ0) is 33.9. The Morgan fingerprint density at radius 1 is 1.11 bits per heavy atom. The summed E-state index contributed by atoms with van der Waals surface area (Å²) in [6.07, 6.45) is 3.16. The first-order valence-electron chi connectivity index (χ1n) is 16.9. The van der Waals surface area contributed by atoms with Crippen LogP contribution in [0.1, 0.15) is 122 Å². The summed E-state index contributed by atoms with van der Waals surface area (Å²) in [6, 6.07) is 3.44. The molecule has 2 heterocycles. The molecule has 1 aromatic carbocycles. The maximum absolute atomic E-state index is 14.0. The van der Waals surface area contributed by atoms with Crippen molar-refractivity contribution in [2.45, 2.75) is 149 Å². The van der Waals surface area contributed by atoms with E-state index < -0.39 is 35.2 Å². The highest BCUT2D eigenvalue weighted by Crippen LogP contribution is 2.48. The maximum Gasteiger partial charge on any atom is 0.339 e. The molecule has 0 radical (unpaired) electrons. The third-order valence-electron chi connectivity index (χ3n) is 10.9. The Morgan fingerprint density at radius 3 is 2.31 bits per heavy atom. The molecular formula is C36H56O9. The molecule has 0 bridgehead atoms. The summed E-state index contributed by atoms with van der Waals surface area (Å²) in [5.74, 6) is -2.98. The van der Waals surface area contributed by atoms with Gasteiger partial charge >= 0.3 is 11.9 Å². The third kappa shape index (κ3) is 7.80. The average Bonchev–Trinajstić information content (AvgIpc) is 3.34. The Hall–Kier alpha value is -2.33. The number of aliphatic hydroxyl groups excluding tert-OH is 1. The highest BCUT2D eigenvalue weighted by molar-refractivity contribution is 5.94. The van der Waals surface area contributed by atoms with E-state index in [1.165, 1.54) is 6.92 Å². The topological polar surface area (TPSA) is 140 Å². The Bertz CT molecular complexity index is 1210. The second kappa shape index (κ2) is 15.1. The minimum atomic E-state index is -1.18. The number of esters is 1. The number of ether oxygens (including phenoxy) is 3. The number of rotatable bonds is 14. The van der Waals surface area contributed by atoms with Crippen LogP contribution in [0.2, 0.25) is 0 Å². The van der Waals surface area contributed by atoms with Crippen LogP contribution in [0.15, 0.2) is 12.1 Å². The summed E-state index contributed by atoms with van der Waals surface area (Å²) in [6.45, 7) is 16.7. The number of carbonyl (C=O) groups is 3. The number of benzene rings is 1. The first kappa shape index (κ1) is 37.1. The monoisotopic (exact) mass is 632 g/mol. The van der Waals surface area contributed by atoms with Gasteiger partial charge in [0.05, 0.1) is 35.6 Å². The van der Waals surface area contributed by atoms with Crippen molar-refractivity contribution < 1.29 is 43.9 Å². The molecule has 3 rings (SSSR count). The number of Topliss-reactive ketones (excluding diaryl/α,β-unsaturated/α-hetero) is 1. The molecule has 1 aromatic rings. The number of hydrogen-bond acceptors (Lipinski definition) is 8. The van der Waals surface area contributed by atoms with E-state index in [2.05, 4.69) is 13.8 Å². The maximum atomic E-state index is 14.0. The van der Waals surface area contributed by atoms with Crippen molar-refractivity contribution in [3.63, 3.8) is 0 Å². The zero-order valence-corrected chi connectivity index (χ0v) is 28.7. The Morgan fingerprint density at radius 2 is 1.78 bits per heavy atom. The van der Waals surface area contributed by atoms with Crippen molar-refractivity contribution in [1.29, 1.82) is 0 Å². The van der Waals surface area contributed by atoms with E-state index in [-0.39, 0.29) is 53.2 Å². The van der Waals surface area contributed by atoms with Crippen LogP contribution in [-0.4, -0.2) is 68.7 Å². The normalized spacial score (nSPS) is 31.2. The molecular weight excluding hydrogens is 576 g/mol. The fourth-order valence-corrected chi connectivity index (χ4v) is 7.71. The van der Waals surface area contributed by atoms with Gasteiger partial charge in [0.2, 0.25) is 0 Å². The van der Waals surface area contributed by atoms with Crippen LogP contribution in [-0.2, 0) is 25.5 Å². The van der Waals surface area contributed by atoms with Gasteiger partial charge in [0, 0.05) is 18.8 Å². The summed E-state index contributed by atoms with van der Waals surface area (Å²) in [7, 11) is 0.